The molecule has 9 heteroatoms. The van der Waals surface area contributed by atoms with Crippen LogP contribution in [0, 0.1) is 0 Å². The number of hydrogen-bond acceptors (Lipinski definition) is 7. The number of thiophene rings is 1. The average Bonchev–Trinajstić information content (AvgIpc) is 3.00. The monoisotopic (exact) mass is 309 g/mol. The van der Waals surface area contributed by atoms with Gasteiger partial charge in [-0.3, -0.25) is 9.69 Å². The first kappa shape index (κ1) is 13.1. The lowest BCUT2D eigenvalue weighted by molar-refractivity contribution is -0.124. The highest BCUT2D eigenvalue weighted by Crippen LogP contribution is 2.26. The SMILES string of the molecule is Nc1nc(SCCN2C(=O)CNC2=O)nc2sccc12. The molecule has 104 valence electrons. The van der Waals surface area contributed by atoms with Gasteiger partial charge in [0, 0.05) is 12.3 Å². The van der Waals surface area contributed by atoms with Gasteiger partial charge in [-0.2, -0.15) is 0 Å². The molecular weight excluding hydrogens is 298 g/mol. The fraction of sp³-hybridized carbons (Fsp3) is 0.273. The van der Waals surface area contributed by atoms with E-state index < -0.39 is 0 Å². The summed E-state index contributed by atoms with van der Waals surface area (Å²) in [5, 5.41) is 5.81. The predicted molar refractivity (Wildman–Crippen MR) is 77.7 cm³/mol. The number of hydrogen-bond donors (Lipinski definition) is 2. The van der Waals surface area contributed by atoms with Crippen LogP contribution in [0.25, 0.3) is 10.2 Å². The molecule has 20 heavy (non-hydrogen) atoms. The smallest absolute Gasteiger partial charge is 0.324 e. The average molecular weight is 309 g/mol. The van der Waals surface area contributed by atoms with Gasteiger partial charge in [-0.15, -0.1) is 11.3 Å². The minimum absolute atomic E-state index is 0.0775. The minimum Gasteiger partial charge on any atom is -0.383 e. The predicted octanol–water partition coefficient (Wildman–Crippen LogP) is 0.917. The number of carbonyl (C=O) groups is 2. The number of rotatable bonds is 4. The zero-order valence-corrected chi connectivity index (χ0v) is 12.0. The molecule has 0 radical (unpaired) electrons. The topological polar surface area (TPSA) is 101 Å². The molecule has 3 rings (SSSR count). The van der Waals surface area contributed by atoms with Crippen molar-refractivity contribution in [1.82, 2.24) is 20.2 Å². The molecule has 1 saturated heterocycles. The molecule has 1 aliphatic heterocycles. The lowest BCUT2D eigenvalue weighted by Gasteiger charge is -2.11. The Labute approximate surface area is 122 Å². The number of amides is 3. The Morgan fingerprint density at radius 3 is 3.05 bits per heavy atom. The van der Waals surface area contributed by atoms with E-state index in [1.807, 2.05) is 11.4 Å². The van der Waals surface area contributed by atoms with E-state index in [9.17, 15) is 9.59 Å². The number of nitrogens with zero attached hydrogens (tertiary/aromatic N) is 3. The summed E-state index contributed by atoms with van der Waals surface area (Å²) in [6, 6.07) is 1.54. The van der Waals surface area contributed by atoms with Crippen molar-refractivity contribution in [3.05, 3.63) is 11.4 Å². The standard InChI is InChI=1S/C11H11N5O2S2/c12-8-6-1-3-19-9(6)15-10(14-8)20-4-2-16-7(17)5-13-11(16)18/h1,3H,2,4-5H2,(H,13,18)(H2,12,14,15). The molecular formula is C11H11N5O2S2. The molecule has 0 atom stereocenters. The van der Waals surface area contributed by atoms with Crippen LogP contribution in [0.5, 0.6) is 0 Å². The first-order chi connectivity index (χ1) is 9.65. The van der Waals surface area contributed by atoms with Crippen molar-refractivity contribution in [2.75, 3.05) is 24.6 Å². The van der Waals surface area contributed by atoms with Crippen LogP contribution in [0.1, 0.15) is 0 Å². The van der Waals surface area contributed by atoms with Gasteiger partial charge in [0.15, 0.2) is 5.16 Å². The number of anilines is 1. The number of thioether (sulfide) groups is 1. The third-order valence-electron chi connectivity index (χ3n) is 2.82. The van der Waals surface area contributed by atoms with Crippen LogP contribution in [0.3, 0.4) is 0 Å². The fourth-order valence-electron chi connectivity index (χ4n) is 1.83. The molecule has 0 bridgehead atoms. The molecule has 3 N–H and O–H groups in total. The second kappa shape index (κ2) is 5.25. The van der Waals surface area contributed by atoms with E-state index in [0.717, 1.165) is 10.2 Å². The van der Waals surface area contributed by atoms with E-state index in [4.69, 9.17) is 5.73 Å². The van der Waals surface area contributed by atoms with E-state index >= 15 is 0 Å². The number of urea groups is 1. The Morgan fingerprint density at radius 2 is 2.30 bits per heavy atom. The quantitative estimate of drug-likeness (QED) is 0.495. The highest BCUT2D eigenvalue weighted by Gasteiger charge is 2.27. The molecule has 2 aromatic heterocycles. The molecule has 2 aromatic rings. The van der Waals surface area contributed by atoms with E-state index in [0.29, 0.717) is 23.3 Å². The maximum Gasteiger partial charge on any atom is 0.324 e. The summed E-state index contributed by atoms with van der Waals surface area (Å²) >= 11 is 2.88. The number of aromatic nitrogens is 2. The van der Waals surface area contributed by atoms with Gasteiger partial charge in [-0.25, -0.2) is 14.8 Å². The van der Waals surface area contributed by atoms with E-state index in [1.165, 1.54) is 28.0 Å². The number of nitrogen functional groups attached to an aromatic ring is 1. The summed E-state index contributed by atoms with van der Waals surface area (Å²) in [4.78, 5) is 33.4. The Morgan fingerprint density at radius 1 is 1.45 bits per heavy atom. The largest absolute Gasteiger partial charge is 0.383 e. The Balaban J connectivity index is 1.65. The minimum atomic E-state index is -0.343. The molecule has 0 aliphatic carbocycles. The van der Waals surface area contributed by atoms with Gasteiger partial charge < -0.3 is 11.1 Å². The normalized spacial score (nSPS) is 15.1. The molecule has 3 amide bonds. The summed E-state index contributed by atoms with van der Waals surface area (Å²) < 4.78 is 0. The third-order valence-corrected chi connectivity index (χ3v) is 4.45. The van der Waals surface area contributed by atoms with Gasteiger partial charge in [0.2, 0.25) is 5.91 Å². The lowest BCUT2D eigenvalue weighted by Crippen LogP contribution is -2.32. The highest BCUT2D eigenvalue weighted by molar-refractivity contribution is 7.99. The molecule has 3 heterocycles. The van der Waals surface area contributed by atoms with Gasteiger partial charge in [0.05, 0.1) is 11.9 Å². The van der Waals surface area contributed by atoms with Crippen LogP contribution in [-0.2, 0) is 4.79 Å². The molecule has 7 nitrogen and oxygen atoms in total. The second-order valence-corrected chi connectivity index (χ2v) is 6.04. The Hall–Kier alpha value is -1.87. The zero-order valence-electron chi connectivity index (χ0n) is 10.3. The molecule has 1 aliphatic rings. The number of nitrogens with one attached hydrogen (secondary N) is 1. The highest BCUT2D eigenvalue weighted by atomic mass is 32.2. The number of carbonyl (C=O) groups excluding carboxylic acids is 2. The molecule has 0 aromatic carbocycles. The summed E-state index contributed by atoms with van der Waals surface area (Å²) in [7, 11) is 0. The number of fused-ring (bicyclic) bond motifs is 1. The first-order valence-corrected chi connectivity index (χ1v) is 7.73. The van der Waals surface area contributed by atoms with Crippen molar-refractivity contribution in [3.8, 4) is 0 Å². The van der Waals surface area contributed by atoms with E-state index in [-0.39, 0.29) is 18.5 Å². The maximum absolute atomic E-state index is 11.4. The summed E-state index contributed by atoms with van der Waals surface area (Å²) in [6.45, 7) is 0.412. The summed E-state index contributed by atoms with van der Waals surface area (Å²) in [6.07, 6.45) is 0. The lowest BCUT2D eigenvalue weighted by atomic mass is 10.4. The van der Waals surface area contributed by atoms with Crippen molar-refractivity contribution in [1.29, 1.82) is 0 Å². The van der Waals surface area contributed by atoms with Crippen LogP contribution in [-0.4, -0.2) is 45.6 Å². The van der Waals surface area contributed by atoms with Crippen molar-refractivity contribution in [2.24, 2.45) is 0 Å². The maximum atomic E-state index is 11.4. The summed E-state index contributed by atoms with van der Waals surface area (Å²) in [5.74, 6) is 0.786. The number of nitrogens with two attached hydrogens (primary N) is 1. The number of imide groups is 1. The first-order valence-electron chi connectivity index (χ1n) is 5.87. The van der Waals surface area contributed by atoms with Crippen molar-refractivity contribution >= 4 is 51.1 Å². The van der Waals surface area contributed by atoms with Gasteiger partial charge in [-0.05, 0) is 11.4 Å². The van der Waals surface area contributed by atoms with Crippen LogP contribution >= 0.6 is 23.1 Å². The molecule has 0 spiro atoms. The van der Waals surface area contributed by atoms with Crippen molar-refractivity contribution in [3.63, 3.8) is 0 Å². The van der Waals surface area contributed by atoms with Crippen LogP contribution < -0.4 is 11.1 Å². The van der Waals surface area contributed by atoms with Crippen molar-refractivity contribution in [2.45, 2.75) is 5.16 Å². The van der Waals surface area contributed by atoms with Gasteiger partial charge in [0.25, 0.3) is 0 Å². The van der Waals surface area contributed by atoms with E-state index in [2.05, 4.69) is 15.3 Å². The molecule has 1 fully saturated rings. The molecule has 0 unspecified atom stereocenters. The zero-order chi connectivity index (χ0) is 14.1. The van der Waals surface area contributed by atoms with Crippen LogP contribution in [0.4, 0.5) is 10.6 Å². The van der Waals surface area contributed by atoms with Crippen LogP contribution in [0.2, 0.25) is 0 Å². The van der Waals surface area contributed by atoms with Gasteiger partial charge >= 0.3 is 6.03 Å². The Kier molecular flexibility index (Phi) is 3.45. The van der Waals surface area contributed by atoms with Gasteiger partial charge in [0.1, 0.15) is 10.6 Å². The van der Waals surface area contributed by atoms with Gasteiger partial charge in [-0.1, -0.05) is 11.8 Å². The van der Waals surface area contributed by atoms with E-state index in [1.54, 1.807) is 0 Å². The van der Waals surface area contributed by atoms with Crippen molar-refractivity contribution < 1.29 is 9.59 Å². The second-order valence-electron chi connectivity index (χ2n) is 4.08. The third kappa shape index (κ3) is 2.41. The Bertz CT molecular complexity index is 671. The summed E-state index contributed by atoms with van der Waals surface area (Å²) in [5.41, 5.74) is 5.85. The molecule has 0 saturated carbocycles. The fourth-order valence-corrected chi connectivity index (χ4v) is 3.44. The van der Waals surface area contributed by atoms with Crippen LogP contribution in [0.15, 0.2) is 16.6 Å².